The molecule has 1 atom stereocenters. The fourth-order valence-electron chi connectivity index (χ4n) is 2.66. The van der Waals surface area contributed by atoms with E-state index in [4.69, 9.17) is 25.9 Å². The molecule has 1 saturated heterocycles. The van der Waals surface area contributed by atoms with Crippen LogP contribution in [0.15, 0.2) is 39.7 Å². The van der Waals surface area contributed by atoms with E-state index in [1.165, 1.54) is 24.3 Å². The van der Waals surface area contributed by atoms with Crippen molar-refractivity contribution >= 4 is 52.5 Å². The Kier molecular flexibility index (Phi) is 6.87. The van der Waals surface area contributed by atoms with Gasteiger partial charge in [-0.05, 0) is 55.4 Å². The lowest BCUT2D eigenvalue weighted by atomic mass is 10.1. The van der Waals surface area contributed by atoms with Crippen molar-refractivity contribution < 1.29 is 33.4 Å². The number of halogens is 1. The smallest absolute Gasteiger partial charge is 0.335 e. The summed E-state index contributed by atoms with van der Waals surface area (Å²) in [5.74, 6) is -1.83. The number of imide groups is 1. The number of carboxylic acid groups (broad SMARTS) is 1. The lowest BCUT2D eigenvalue weighted by Crippen LogP contribution is -2.35. The number of aromatic carboxylic acids is 1. The number of nitrogens with zero attached hydrogens (tertiary/aromatic N) is 1. The van der Waals surface area contributed by atoms with Crippen LogP contribution in [0, 0.1) is 0 Å². The second kappa shape index (κ2) is 9.40. The monoisotopic (exact) mass is 463 g/mol. The van der Waals surface area contributed by atoms with E-state index in [2.05, 4.69) is 0 Å². The standard InChI is InChI=1S/C21H18ClNO7S/c1-3-11(2)29-18(24)10-23-19(25)17(31-21(23)28)9-13-5-7-16(30-13)14-8-12(20(26)27)4-6-15(14)22/h4-9,11H,3,10H2,1-2H3,(H,26,27)/b17-9-/t11-/m0/s1. The van der Waals surface area contributed by atoms with E-state index in [9.17, 15) is 19.2 Å². The van der Waals surface area contributed by atoms with Gasteiger partial charge in [-0.1, -0.05) is 18.5 Å². The first-order valence-electron chi connectivity index (χ1n) is 9.27. The molecule has 2 amide bonds. The van der Waals surface area contributed by atoms with E-state index in [1.807, 2.05) is 6.92 Å². The van der Waals surface area contributed by atoms with Crippen LogP contribution in [0.1, 0.15) is 36.4 Å². The van der Waals surface area contributed by atoms with Crippen LogP contribution in [0.2, 0.25) is 5.02 Å². The number of amides is 2. The Balaban J connectivity index is 1.78. The molecule has 0 bridgehead atoms. The van der Waals surface area contributed by atoms with Gasteiger partial charge in [-0.2, -0.15) is 0 Å². The van der Waals surface area contributed by atoms with Gasteiger partial charge in [-0.25, -0.2) is 4.79 Å². The lowest BCUT2D eigenvalue weighted by molar-refractivity contribution is -0.150. The molecule has 1 aromatic carbocycles. The van der Waals surface area contributed by atoms with Crippen LogP contribution in [-0.4, -0.2) is 45.7 Å². The topological polar surface area (TPSA) is 114 Å². The van der Waals surface area contributed by atoms with Gasteiger partial charge in [-0.15, -0.1) is 0 Å². The first kappa shape index (κ1) is 22.6. The number of ether oxygens (including phenoxy) is 1. The molecule has 1 N–H and O–H groups in total. The number of furan rings is 1. The van der Waals surface area contributed by atoms with Crippen molar-refractivity contribution in [2.24, 2.45) is 0 Å². The van der Waals surface area contributed by atoms with Gasteiger partial charge in [0.1, 0.15) is 18.1 Å². The molecule has 0 saturated carbocycles. The van der Waals surface area contributed by atoms with Crippen molar-refractivity contribution in [3.63, 3.8) is 0 Å². The minimum Gasteiger partial charge on any atom is -0.478 e. The van der Waals surface area contributed by atoms with Crippen molar-refractivity contribution in [2.45, 2.75) is 26.4 Å². The molecule has 1 aliphatic rings. The predicted octanol–water partition coefficient (Wildman–Crippen LogP) is 4.68. The van der Waals surface area contributed by atoms with Crippen molar-refractivity contribution in [3.05, 3.63) is 51.6 Å². The molecule has 0 radical (unpaired) electrons. The van der Waals surface area contributed by atoms with Crippen molar-refractivity contribution in [1.82, 2.24) is 4.90 Å². The number of carboxylic acids is 1. The predicted molar refractivity (Wildman–Crippen MR) is 115 cm³/mol. The van der Waals surface area contributed by atoms with Crippen LogP contribution in [0.4, 0.5) is 4.79 Å². The number of hydrogen-bond acceptors (Lipinski definition) is 7. The number of rotatable bonds is 7. The summed E-state index contributed by atoms with van der Waals surface area (Å²) in [6, 6.07) is 7.34. The molecule has 1 fully saturated rings. The van der Waals surface area contributed by atoms with E-state index in [0.717, 1.165) is 4.90 Å². The molecule has 0 spiro atoms. The summed E-state index contributed by atoms with van der Waals surface area (Å²) in [4.78, 5) is 48.7. The Morgan fingerprint density at radius 3 is 2.71 bits per heavy atom. The van der Waals surface area contributed by atoms with Crippen LogP contribution in [0.3, 0.4) is 0 Å². The van der Waals surface area contributed by atoms with Gasteiger partial charge >= 0.3 is 11.9 Å². The van der Waals surface area contributed by atoms with Gasteiger partial charge in [-0.3, -0.25) is 19.3 Å². The minimum atomic E-state index is -1.11. The third-order valence-electron chi connectivity index (χ3n) is 4.45. The Morgan fingerprint density at radius 2 is 2.03 bits per heavy atom. The van der Waals surface area contributed by atoms with E-state index >= 15 is 0 Å². The van der Waals surface area contributed by atoms with Crippen molar-refractivity contribution in [1.29, 1.82) is 0 Å². The highest BCUT2D eigenvalue weighted by atomic mass is 35.5. The highest BCUT2D eigenvalue weighted by Crippen LogP contribution is 2.35. The molecule has 2 aromatic rings. The average Bonchev–Trinajstić information content (AvgIpc) is 3.28. The number of benzene rings is 1. The Labute approximate surface area is 186 Å². The van der Waals surface area contributed by atoms with Crippen LogP contribution >= 0.6 is 23.4 Å². The van der Waals surface area contributed by atoms with Gasteiger partial charge in [0.15, 0.2) is 0 Å². The van der Waals surface area contributed by atoms with Crippen LogP contribution in [0.25, 0.3) is 17.4 Å². The molecular weight excluding hydrogens is 446 g/mol. The van der Waals surface area contributed by atoms with Crippen molar-refractivity contribution in [3.8, 4) is 11.3 Å². The minimum absolute atomic E-state index is 0.0442. The summed E-state index contributed by atoms with van der Waals surface area (Å²) in [5, 5.41) is 8.87. The van der Waals surface area contributed by atoms with Crippen LogP contribution in [0.5, 0.6) is 0 Å². The van der Waals surface area contributed by atoms with E-state index in [0.29, 0.717) is 34.5 Å². The normalized spacial score (nSPS) is 16.1. The highest BCUT2D eigenvalue weighted by Gasteiger charge is 2.37. The Morgan fingerprint density at radius 1 is 1.29 bits per heavy atom. The number of hydrogen-bond donors (Lipinski definition) is 1. The van der Waals surface area contributed by atoms with E-state index < -0.39 is 29.6 Å². The van der Waals surface area contributed by atoms with Crippen LogP contribution < -0.4 is 0 Å². The van der Waals surface area contributed by atoms with Gasteiger partial charge in [0.05, 0.1) is 21.6 Å². The number of carbonyl (C=O) groups excluding carboxylic acids is 3. The quantitative estimate of drug-likeness (QED) is 0.465. The fourth-order valence-corrected chi connectivity index (χ4v) is 3.69. The van der Waals surface area contributed by atoms with Gasteiger partial charge < -0.3 is 14.3 Å². The summed E-state index contributed by atoms with van der Waals surface area (Å²) in [7, 11) is 0. The van der Waals surface area contributed by atoms with Crippen molar-refractivity contribution in [2.75, 3.05) is 6.54 Å². The molecule has 3 rings (SSSR count). The third kappa shape index (κ3) is 5.18. The summed E-state index contributed by atoms with van der Waals surface area (Å²) in [6.07, 6.45) is 1.69. The Bertz CT molecular complexity index is 1090. The summed E-state index contributed by atoms with van der Waals surface area (Å²) >= 11 is 6.83. The maximum Gasteiger partial charge on any atom is 0.335 e. The molecule has 0 unspecified atom stereocenters. The molecule has 2 heterocycles. The first-order valence-corrected chi connectivity index (χ1v) is 10.5. The van der Waals surface area contributed by atoms with Gasteiger partial charge in [0, 0.05) is 11.6 Å². The number of carbonyl (C=O) groups is 4. The summed E-state index contributed by atoms with van der Waals surface area (Å²) < 4.78 is 10.8. The zero-order valence-corrected chi connectivity index (χ0v) is 18.2. The summed E-state index contributed by atoms with van der Waals surface area (Å²) in [6.45, 7) is 3.11. The third-order valence-corrected chi connectivity index (χ3v) is 5.68. The Hall–Kier alpha value is -3.04. The maximum absolute atomic E-state index is 12.5. The SMILES string of the molecule is CC[C@H](C)OC(=O)CN1C(=O)S/C(=C\c2ccc(-c3cc(C(=O)O)ccc3Cl)o2)C1=O. The molecule has 1 aliphatic heterocycles. The maximum atomic E-state index is 12.5. The van der Waals surface area contributed by atoms with Gasteiger partial charge in [0.2, 0.25) is 0 Å². The average molecular weight is 464 g/mol. The summed E-state index contributed by atoms with van der Waals surface area (Å²) in [5.41, 5.74) is 0.421. The zero-order valence-electron chi connectivity index (χ0n) is 16.6. The van der Waals surface area contributed by atoms with E-state index in [1.54, 1.807) is 19.1 Å². The zero-order chi connectivity index (χ0) is 22.7. The molecule has 31 heavy (non-hydrogen) atoms. The molecule has 1 aromatic heterocycles. The van der Waals surface area contributed by atoms with E-state index in [-0.39, 0.29) is 22.3 Å². The molecule has 10 heteroatoms. The fraction of sp³-hybridized carbons (Fsp3) is 0.238. The highest BCUT2D eigenvalue weighted by molar-refractivity contribution is 8.18. The molecular formula is C21H18ClNO7S. The number of esters is 1. The van der Waals surface area contributed by atoms with Crippen LogP contribution in [-0.2, 0) is 14.3 Å². The second-order valence-electron chi connectivity index (χ2n) is 6.68. The molecule has 162 valence electrons. The molecule has 0 aliphatic carbocycles. The first-order chi connectivity index (χ1) is 14.7. The molecule has 8 nitrogen and oxygen atoms in total. The van der Waals surface area contributed by atoms with Gasteiger partial charge in [0.25, 0.3) is 11.1 Å². The number of thioether (sulfide) groups is 1. The lowest BCUT2D eigenvalue weighted by Gasteiger charge is -2.14. The largest absolute Gasteiger partial charge is 0.478 e. The second-order valence-corrected chi connectivity index (χ2v) is 8.08.